The van der Waals surface area contributed by atoms with Gasteiger partial charge in [0.2, 0.25) is 0 Å². The quantitative estimate of drug-likeness (QED) is 0.360. The molecule has 0 aliphatic heterocycles. The molecule has 4 N–H and O–H groups in total. The van der Waals surface area contributed by atoms with Crippen LogP contribution in [0.2, 0.25) is 0 Å². The summed E-state index contributed by atoms with van der Waals surface area (Å²) in [7, 11) is 0. The van der Waals surface area contributed by atoms with Crippen LogP contribution in [0.4, 0.5) is 0 Å². The number of hydrogen-bond acceptors (Lipinski definition) is 3. The maximum atomic E-state index is 6.85. The zero-order chi connectivity index (χ0) is 6.69. The molecule has 5 heteroatoms. The lowest BCUT2D eigenvalue weighted by atomic mass is 10.4. The molecule has 0 aliphatic rings. The average molecular weight is 125 g/mol. The SMILES string of the molecule is N=C(N)Cc1nc[nH]n1. The van der Waals surface area contributed by atoms with Gasteiger partial charge in [-0.3, -0.25) is 10.5 Å². The van der Waals surface area contributed by atoms with Crippen LogP contribution in [-0.2, 0) is 6.42 Å². The molecule has 0 aromatic carbocycles. The molecule has 0 atom stereocenters. The Hall–Kier alpha value is -1.39. The van der Waals surface area contributed by atoms with Crippen molar-refractivity contribution in [3.8, 4) is 0 Å². The standard InChI is InChI=1S/C4H7N5/c5-3(6)1-4-7-2-8-9-4/h2H,1H2,(H3,5,6)(H,7,8,9). The molecule has 0 spiro atoms. The maximum absolute atomic E-state index is 6.85. The third-order valence-electron chi connectivity index (χ3n) is 0.813. The van der Waals surface area contributed by atoms with Crippen molar-refractivity contribution in [1.29, 1.82) is 5.41 Å². The van der Waals surface area contributed by atoms with Crippen molar-refractivity contribution in [2.24, 2.45) is 5.73 Å². The molecule has 1 rings (SSSR count). The molecule has 1 heterocycles. The summed E-state index contributed by atoms with van der Waals surface area (Å²) in [6.45, 7) is 0. The summed E-state index contributed by atoms with van der Waals surface area (Å²) in [5.74, 6) is 0.636. The number of aromatic amines is 1. The van der Waals surface area contributed by atoms with Crippen molar-refractivity contribution < 1.29 is 0 Å². The van der Waals surface area contributed by atoms with Gasteiger partial charge >= 0.3 is 0 Å². The van der Waals surface area contributed by atoms with E-state index >= 15 is 0 Å². The average Bonchev–Trinajstić information content (AvgIpc) is 2.15. The maximum Gasteiger partial charge on any atom is 0.157 e. The zero-order valence-electron chi connectivity index (χ0n) is 4.76. The third-order valence-corrected chi connectivity index (χ3v) is 0.813. The number of hydrogen-bond donors (Lipinski definition) is 3. The van der Waals surface area contributed by atoms with Gasteiger partial charge in [0, 0.05) is 0 Å². The highest BCUT2D eigenvalue weighted by Gasteiger charge is 1.95. The van der Waals surface area contributed by atoms with E-state index in [1.165, 1.54) is 6.33 Å². The molecule has 9 heavy (non-hydrogen) atoms. The van der Waals surface area contributed by atoms with Crippen molar-refractivity contribution in [2.45, 2.75) is 6.42 Å². The van der Waals surface area contributed by atoms with E-state index in [2.05, 4.69) is 15.2 Å². The first-order chi connectivity index (χ1) is 4.29. The largest absolute Gasteiger partial charge is 0.387 e. The van der Waals surface area contributed by atoms with Crippen LogP contribution in [0.1, 0.15) is 5.82 Å². The van der Waals surface area contributed by atoms with Gasteiger partial charge < -0.3 is 5.73 Å². The fourth-order valence-corrected chi connectivity index (χ4v) is 0.491. The van der Waals surface area contributed by atoms with Crippen LogP contribution >= 0.6 is 0 Å². The van der Waals surface area contributed by atoms with Crippen LogP contribution in [0.25, 0.3) is 0 Å². The molecule has 0 radical (unpaired) electrons. The number of nitrogens with two attached hydrogens (primary N) is 1. The van der Waals surface area contributed by atoms with E-state index in [1.54, 1.807) is 0 Å². The van der Waals surface area contributed by atoms with Crippen LogP contribution in [0.15, 0.2) is 6.33 Å². The van der Waals surface area contributed by atoms with Gasteiger partial charge in [0.1, 0.15) is 6.33 Å². The van der Waals surface area contributed by atoms with Crippen molar-refractivity contribution in [3.63, 3.8) is 0 Å². The first-order valence-electron chi connectivity index (χ1n) is 2.46. The molecule has 0 fully saturated rings. The van der Waals surface area contributed by atoms with Crippen molar-refractivity contribution in [1.82, 2.24) is 15.2 Å². The Morgan fingerprint density at radius 2 is 2.67 bits per heavy atom. The summed E-state index contributed by atoms with van der Waals surface area (Å²) in [6.07, 6.45) is 1.78. The molecule has 0 saturated carbocycles. The molecular formula is C4H7N5. The summed E-state index contributed by atoms with van der Waals surface area (Å²) in [4.78, 5) is 3.77. The Morgan fingerprint density at radius 1 is 1.89 bits per heavy atom. The van der Waals surface area contributed by atoms with Gasteiger partial charge in [-0.2, -0.15) is 5.10 Å². The molecule has 1 aromatic rings. The number of nitrogens with zero attached hydrogens (tertiary/aromatic N) is 2. The Kier molecular flexibility index (Phi) is 1.44. The minimum atomic E-state index is 0.0783. The Morgan fingerprint density at radius 3 is 3.11 bits per heavy atom. The second-order valence-corrected chi connectivity index (χ2v) is 1.62. The minimum Gasteiger partial charge on any atom is -0.387 e. The number of rotatable bonds is 2. The summed E-state index contributed by atoms with van der Waals surface area (Å²) in [5.41, 5.74) is 5.07. The summed E-state index contributed by atoms with van der Waals surface area (Å²) >= 11 is 0. The monoisotopic (exact) mass is 125 g/mol. The highest BCUT2D eigenvalue weighted by Crippen LogP contribution is 1.84. The van der Waals surface area contributed by atoms with E-state index in [0.717, 1.165) is 0 Å². The van der Waals surface area contributed by atoms with Crippen molar-refractivity contribution >= 4 is 5.84 Å². The minimum absolute atomic E-state index is 0.0783. The van der Waals surface area contributed by atoms with E-state index < -0.39 is 0 Å². The molecule has 0 aliphatic carbocycles. The Bertz CT molecular complexity index is 189. The van der Waals surface area contributed by atoms with E-state index in [0.29, 0.717) is 12.2 Å². The van der Waals surface area contributed by atoms with Gasteiger partial charge in [0.25, 0.3) is 0 Å². The van der Waals surface area contributed by atoms with Gasteiger partial charge in [-0.15, -0.1) is 0 Å². The predicted octanol–water partition coefficient (Wildman–Crippen LogP) is -0.717. The van der Waals surface area contributed by atoms with Gasteiger partial charge in [0.05, 0.1) is 12.3 Å². The smallest absolute Gasteiger partial charge is 0.157 e. The Balaban J connectivity index is 2.58. The molecule has 48 valence electrons. The van der Waals surface area contributed by atoms with Crippen LogP contribution in [0, 0.1) is 5.41 Å². The number of aromatic nitrogens is 3. The summed E-state index contributed by atoms with van der Waals surface area (Å²) in [5, 5.41) is 13.1. The molecule has 0 saturated heterocycles. The molecular weight excluding hydrogens is 118 g/mol. The highest BCUT2D eigenvalue weighted by atomic mass is 15.2. The first kappa shape index (κ1) is 5.74. The molecule has 5 nitrogen and oxygen atoms in total. The molecule has 0 unspecified atom stereocenters. The molecule has 0 bridgehead atoms. The van der Waals surface area contributed by atoms with Gasteiger partial charge in [-0.1, -0.05) is 0 Å². The van der Waals surface area contributed by atoms with Crippen molar-refractivity contribution in [2.75, 3.05) is 0 Å². The van der Waals surface area contributed by atoms with E-state index in [-0.39, 0.29) is 5.84 Å². The van der Waals surface area contributed by atoms with E-state index in [4.69, 9.17) is 11.1 Å². The lowest BCUT2D eigenvalue weighted by Crippen LogP contribution is -2.13. The van der Waals surface area contributed by atoms with E-state index in [9.17, 15) is 0 Å². The lowest BCUT2D eigenvalue weighted by Gasteiger charge is -1.87. The zero-order valence-corrected chi connectivity index (χ0v) is 4.76. The molecule has 1 aromatic heterocycles. The van der Waals surface area contributed by atoms with Crippen LogP contribution < -0.4 is 5.73 Å². The second-order valence-electron chi connectivity index (χ2n) is 1.62. The summed E-state index contributed by atoms with van der Waals surface area (Å²) < 4.78 is 0. The third kappa shape index (κ3) is 1.52. The molecule has 0 amide bonds. The Labute approximate surface area is 51.8 Å². The van der Waals surface area contributed by atoms with Crippen LogP contribution in [-0.4, -0.2) is 21.0 Å². The topological polar surface area (TPSA) is 91.4 Å². The number of H-pyrrole nitrogens is 1. The normalized spacial score (nSPS) is 9.33. The first-order valence-corrected chi connectivity index (χ1v) is 2.46. The van der Waals surface area contributed by atoms with Gasteiger partial charge in [0.15, 0.2) is 5.82 Å². The van der Waals surface area contributed by atoms with E-state index in [1.807, 2.05) is 0 Å². The highest BCUT2D eigenvalue weighted by molar-refractivity contribution is 5.78. The predicted molar refractivity (Wildman–Crippen MR) is 32.0 cm³/mol. The van der Waals surface area contributed by atoms with Gasteiger partial charge in [-0.25, -0.2) is 4.98 Å². The fourth-order valence-electron chi connectivity index (χ4n) is 0.491. The number of amidine groups is 1. The van der Waals surface area contributed by atoms with Crippen LogP contribution in [0.5, 0.6) is 0 Å². The van der Waals surface area contributed by atoms with Crippen LogP contribution in [0.3, 0.4) is 0 Å². The number of nitrogens with one attached hydrogen (secondary N) is 2. The fraction of sp³-hybridized carbons (Fsp3) is 0.250. The summed E-state index contributed by atoms with van der Waals surface area (Å²) in [6, 6.07) is 0. The lowest BCUT2D eigenvalue weighted by molar-refractivity contribution is 0.998. The van der Waals surface area contributed by atoms with Gasteiger partial charge in [-0.05, 0) is 0 Å². The second kappa shape index (κ2) is 2.25. The van der Waals surface area contributed by atoms with Crippen molar-refractivity contribution in [3.05, 3.63) is 12.2 Å².